The second-order valence-corrected chi connectivity index (χ2v) is 7.45. The average molecular weight is 287 g/mol. The van der Waals surface area contributed by atoms with Gasteiger partial charge in [0.2, 0.25) is 0 Å². The molecule has 0 unspecified atom stereocenters. The van der Waals surface area contributed by atoms with Crippen LogP contribution in [0.4, 0.5) is 4.39 Å². The van der Waals surface area contributed by atoms with Gasteiger partial charge in [0.05, 0.1) is 0 Å². The van der Waals surface area contributed by atoms with Crippen LogP contribution in [0.3, 0.4) is 0 Å². The summed E-state index contributed by atoms with van der Waals surface area (Å²) in [6, 6.07) is 11.3. The second-order valence-electron chi connectivity index (χ2n) is 7.45. The minimum atomic E-state index is -0.141. The van der Waals surface area contributed by atoms with Crippen molar-refractivity contribution in [2.24, 2.45) is 0 Å². The van der Waals surface area contributed by atoms with E-state index in [1.807, 2.05) is 30.3 Å². The Morgan fingerprint density at radius 1 is 0.905 bits per heavy atom. The van der Waals surface area contributed by atoms with Gasteiger partial charge in [0.15, 0.2) is 0 Å². The van der Waals surface area contributed by atoms with Crippen LogP contribution in [-0.2, 0) is 5.41 Å². The third-order valence-corrected chi connectivity index (χ3v) is 4.01. The van der Waals surface area contributed by atoms with E-state index in [4.69, 9.17) is 0 Å². The molecule has 0 bridgehead atoms. The molecule has 2 rings (SSSR count). The molecular formula is C19H26FN. The van der Waals surface area contributed by atoms with Crippen LogP contribution in [-0.4, -0.2) is 12.1 Å². The first-order valence-electron chi connectivity index (χ1n) is 7.63. The molecule has 0 amide bonds. The molecule has 1 N–H and O–H groups in total. The molecule has 0 aromatic heterocycles. The van der Waals surface area contributed by atoms with Crippen LogP contribution in [0, 0.1) is 5.82 Å². The first kappa shape index (κ1) is 16.0. The maximum absolute atomic E-state index is 14.0. The highest BCUT2D eigenvalue weighted by molar-refractivity contribution is 5.87. The van der Waals surface area contributed by atoms with E-state index in [0.29, 0.717) is 5.39 Å². The highest BCUT2D eigenvalue weighted by Gasteiger charge is 2.24. The third-order valence-electron chi connectivity index (χ3n) is 4.01. The van der Waals surface area contributed by atoms with E-state index in [0.717, 1.165) is 18.4 Å². The number of benzene rings is 2. The fourth-order valence-electron chi connectivity index (χ4n) is 2.74. The maximum atomic E-state index is 14.0. The lowest BCUT2D eigenvalue weighted by molar-refractivity contribution is 0.380. The van der Waals surface area contributed by atoms with Gasteiger partial charge in [-0.05, 0) is 56.2 Å². The van der Waals surface area contributed by atoms with Crippen molar-refractivity contribution in [3.8, 4) is 0 Å². The van der Waals surface area contributed by atoms with Crippen LogP contribution < -0.4 is 5.32 Å². The van der Waals surface area contributed by atoms with Gasteiger partial charge in [-0.3, -0.25) is 0 Å². The summed E-state index contributed by atoms with van der Waals surface area (Å²) in [7, 11) is 0. The molecule has 0 radical (unpaired) electrons. The van der Waals surface area contributed by atoms with Gasteiger partial charge in [-0.1, -0.05) is 44.2 Å². The smallest absolute Gasteiger partial charge is 0.131 e. The Balaban J connectivity index is 2.30. The minimum Gasteiger partial charge on any atom is -0.312 e. The molecule has 1 nitrogen and oxygen atoms in total. The lowest BCUT2D eigenvalue weighted by atomic mass is 9.79. The van der Waals surface area contributed by atoms with Crippen molar-refractivity contribution in [1.82, 2.24) is 5.32 Å². The Hall–Kier alpha value is -1.41. The number of rotatable bonds is 4. The molecule has 0 atom stereocenters. The number of halogens is 1. The van der Waals surface area contributed by atoms with Crippen LogP contribution in [0.1, 0.15) is 46.6 Å². The van der Waals surface area contributed by atoms with Gasteiger partial charge in [0.1, 0.15) is 5.82 Å². The van der Waals surface area contributed by atoms with Crippen molar-refractivity contribution >= 4 is 10.8 Å². The van der Waals surface area contributed by atoms with E-state index in [9.17, 15) is 4.39 Å². The van der Waals surface area contributed by atoms with E-state index in [1.165, 1.54) is 5.56 Å². The van der Waals surface area contributed by atoms with Crippen molar-refractivity contribution in [3.05, 3.63) is 47.8 Å². The SMILES string of the molecule is CC(C)(C)NCCC(C)(C)c1ccc(F)c2ccccc12. The lowest BCUT2D eigenvalue weighted by Gasteiger charge is -2.29. The quantitative estimate of drug-likeness (QED) is 0.831. The van der Waals surface area contributed by atoms with Crippen molar-refractivity contribution < 1.29 is 4.39 Å². The molecule has 0 aliphatic carbocycles. The predicted molar refractivity (Wildman–Crippen MR) is 89.3 cm³/mol. The Morgan fingerprint density at radius 2 is 1.52 bits per heavy atom. The molecule has 2 aromatic rings. The highest BCUT2D eigenvalue weighted by Crippen LogP contribution is 2.33. The van der Waals surface area contributed by atoms with Crippen molar-refractivity contribution in [2.75, 3.05) is 6.54 Å². The summed E-state index contributed by atoms with van der Waals surface area (Å²) in [6.45, 7) is 11.9. The molecule has 0 aliphatic heterocycles. The molecule has 0 aliphatic rings. The summed E-state index contributed by atoms with van der Waals surface area (Å²) in [5, 5.41) is 5.27. The van der Waals surface area contributed by atoms with Crippen LogP contribution in [0.5, 0.6) is 0 Å². The average Bonchev–Trinajstić information content (AvgIpc) is 2.37. The van der Waals surface area contributed by atoms with Gasteiger partial charge in [-0.2, -0.15) is 0 Å². The highest BCUT2D eigenvalue weighted by atomic mass is 19.1. The lowest BCUT2D eigenvalue weighted by Crippen LogP contribution is -2.38. The summed E-state index contributed by atoms with van der Waals surface area (Å²) < 4.78 is 14.0. The maximum Gasteiger partial charge on any atom is 0.131 e. The molecule has 0 fully saturated rings. The summed E-state index contributed by atoms with van der Waals surface area (Å²) in [4.78, 5) is 0. The molecule has 21 heavy (non-hydrogen) atoms. The third kappa shape index (κ3) is 3.82. The summed E-state index contributed by atoms with van der Waals surface area (Å²) in [5.74, 6) is -0.141. The zero-order valence-electron chi connectivity index (χ0n) is 13.8. The van der Waals surface area contributed by atoms with Crippen LogP contribution >= 0.6 is 0 Å². The monoisotopic (exact) mass is 287 g/mol. The van der Waals surface area contributed by atoms with E-state index in [1.54, 1.807) is 6.07 Å². The van der Waals surface area contributed by atoms with Gasteiger partial charge in [0.25, 0.3) is 0 Å². The Morgan fingerprint density at radius 3 is 2.14 bits per heavy atom. The second kappa shape index (κ2) is 5.76. The Labute approximate surface area is 127 Å². The molecule has 0 spiro atoms. The fourth-order valence-corrected chi connectivity index (χ4v) is 2.74. The topological polar surface area (TPSA) is 12.0 Å². The van der Waals surface area contributed by atoms with Crippen LogP contribution in [0.2, 0.25) is 0 Å². The zero-order chi connectivity index (χ0) is 15.7. The van der Waals surface area contributed by atoms with Gasteiger partial charge in [0, 0.05) is 10.9 Å². The number of nitrogens with one attached hydrogen (secondary N) is 1. The predicted octanol–water partition coefficient (Wildman–Crippen LogP) is 5.03. The molecule has 114 valence electrons. The molecule has 0 saturated heterocycles. The molecule has 0 heterocycles. The Kier molecular flexibility index (Phi) is 4.38. The van der Waals surface area contributed by atoms with E-state index >= 15 is 0 Å². The van der Waals surface area contributed by atoms with Gasteiger partial charge in [-0.15, -0.1) is 0 Å². The summed E-state index contributed by atoms with van der Waals surface area (Å²) >= 11 is 0. The van der Waals surface area contributed by atoms with Gasteiger partial charge < -0.3 is 5.32 Å². The molecular weight excluding hydrogens is 261 g/mol. The number of fused-ring (bicyclic) bond motifs is 1. The molecule has 2 heteroatoms. The number of hydrogen-bond acceptors (Lipinski definition) is 1. The molecule has 0 saturated carbocycles. The van der Waals surface area contributed by atoms with E-state index in [-0.39, 0.29) is 16.8 Å². The minimum absolute atomic E-state index is 0.00551. The number of hydrogen-bond donors (Lipinski definition) is 1. The van der Waals surface area contributed by atoms with Gasteiger partial charge in [-0.25, -0.2) is 4.39 Å². The fraction of sp³-hybridized carbons (Fsp3) is 0.474. The Bertz CT molecular complexity index is 623. The first-order chi connectivity index (χ1) is 9.71. The zero-order valence-corrected chi connectivity index (χ0v) is 13.8. The summed E-state index contributed by atoms with van der Waals surface area (Å²) in [6.07, 6.45) is 1.01. The van der Waals surface area contributed by atoms with Crippen LogP contribution in [0.25, 0.3) is 10.8 Å². The first-order valence-corrected chi connectivity index (χ1v) is 7.63. The largest absolute Gasteiger partial charge is 0.312 e. The van der Waals surface area contributed by atoms with Crippen molar-refractivity contribution in [3.63, 3.8) is 0 Å². The van der Waals surface area contributed by atoms with E-state index < -0.39 is 0 Å². The standard InChI is InChI=1S/C19H26FN/c1-18(2,3)21-13-12-19(4,5)16-10-11-17(20)15-9-7-6-8-14(15)16/h6-11,21H,12-13H2,1-5H3. The van der Waals surface area contributed by atoms with Gasteiger partial charge >= 0.3 is 0 Å². The van der Waals surface area contributed by atoms with Crippen molar-refractivity contribution in [2.45, 2.75) is 52.0 Å². The normalized spacial score (nSPS) is 12.9. The molecule has 2 aromatic carbocycles. The van der Waals surface area contributed by atoms with E-state index in [2.05, 4.69) is 39.9 Å². The summed E-state index contributed by atoms with van der Waals surface area (Å²) in [5.41, 5.74) is 1.35. The van der Waals surface area contributed by atoms with Crippen molar-refractivity contribution in [1.29, 1.82) is 0 Å². The van der Waals surface area contributed by atoms with Crippen LogP contribution in [0.15, 0.2) is 36.4 Å².